The van der Waals surface area contributed by atoms with Crippen molar-refractivity contribution in [1.29, 1.82) is 0 Å². The molecule has 0 fully saturated rings. The minimum atomic E-state index is -0.00970. The molecule has 0 spiro atoms. The fourth-order valence-corrected chi connectivity index (χ4v) is 4.62. The lowest BCUT2D eigenvalue weighted by molar-refractivity contribution is -0.118. The Labute approximate surface area is 164 Å². The van der Waals surface area contributed by atoms with Crippen LogP contribution in [0, 0.1) is 6.92 Å². The van der Waals surface area contributed by atoms with Gasteiger partial charge in [-0.25, -0.2) is 4.98 Å². The Morgan fingerprint density at radius 3 is 2.85 bits per heavy atom. The van der Waals surface area contributed by atoms with Crippen molar-refractivity contribution >= 4 is 43.9 Å². The second-order valence-corrected chi connectivity index (χ2v) is 8.08. The second-order valence-electron chi connectivity index (χ2n) is 6.07. The lowest BCUT2D eigenvalue weighted by atomic mass is 10.2. The van der Waals surface area contributed by atoms with Crippen molar-refractivity contribution in [2.75, 3.05) is 12.0 Å². The summed E-state index contributed by atoms with van der Waals surface area (Å²) >= 11 is 3.08. The number of benzene rings is 1. The first kappa shape index (κ1) is 17.8. The molecule has 5 nitrogen and oxygen atoms in total. The molecule has 0 aliphatic rings. The van der Waals surface area contributed by atoms with Gasteiger partial charge in [-0.15, -0.1) is 11.3 Å². The highest BCUT2D eigenvalue weighted by Gasteiger charge is 2.23. The van der Waals surface area contributed by atoms with Crippen LogP contribution in [0.2, 0.25) is 0 Å². The van der Waals surface area contributed by atoms with E-state index < -0.39 is 0 Å². The van der Waals surface area contributed by atoms with Crippen LogP contribution in [-0.4, -0.2) is 18.0 Å². The number of furan rings is 1. The number of anilines is 1. The van der Waals surface area contributed by atoms with Crippen LogP contribution in [0.25, 0.3) is 10.2 Å². The molecule has 4 rings (SSSR count). The molecule has 4 aromatic rings. The van der Waals surface area contributed by atoms with E-state index in [2.05, 4.69) is 0 Å². The fourth-order valence-electron chi connectivity index (χ4n) is 2.86. The maximum absolute atomic E-state index is 13.1. The van der Waals surface area contributed by atoms with Crippen LogP contribution in [0.5, 0.6) is 5.75 Å². The van der Waals surface area contributed by atoms with Gasteiger partial charge in [-0.2, -0.15) is 0 Å². The highest BCUT2D eigenvalue weighted by Crippen LogP contribution is 2.37. The van der Waals surface area contributed by atoms with Crippen LogP contribution in [-0.2, 0) is 17.8 Å². The zero-order chi connectivity index (χ0) is 18.8. The summed E-state index contributed by atoms with van der Waals surface area (Å²) in [6.45, 7) is 2.38. The van der Waals surface area contributed by atoms with Crippen molar-refractivity contribution in [3.8, 4) is 5.75 Å². The number of hydrogen-bond donors (Lipinski definition) is 0. The minimum Gasteiger partial charge on any atom is -0.494 e. The molecular weight excluding hydrogens is 380 g/mol. The Bertz CT molecular complexity index is 1050. The zero-order valence-corrected chi connectivity index (χ0v) is 16.6. The van der Waals surface area contributed by atoms with Gasteiger partial charge >= 0.3 is 0 Å². The van der Waals surface area contributed by atoms with Crippen LogP contribution in [0.15, 0.2) is 52.5 Å². The van der Waals surface area contributed by atoms with Gasteiger partial charge in [0.15, 0.2) is 5.13 Å². The number of aryl methyl sites for hydroxylation is 1. The molecule has 0 radical (unpaired) electrons. The SMILES string of the molecule is COc1ccc(C)c2sc(N(Cc3ccco3)C(=O)Cc3cccs3)nc12. The van der Waals surface area contributed by atoms with E-state index in [-0.39, 0.29) is 5.91 Å². The first-order chi connectivity index (χ1) is 13.2. The summed E-state index contributed by atoms with van der Waals surface area (Å²) in [7, 11) is 1.63. The van der Waals surface area contributed by atoms with E-state index in [4.69, 9.17) is 14.1 Å². The largest absolute Gasteiger partial charge is 0.494 e. The molecule has 0 bridgehead atoms. The van der Waals surface area contributed by atoms with Crippen molar-refractivity contribution in [3.63, 3.8) is 0 Å². The number of ether oxygens (including phenoxy) is 1. The number of carbonyl (C=O) groups is 1. The van der Waals surface area contributed by atoms with Gasteiger partial charge in [0.1, 0.15) is 17.0 Å². The number of nitrogens with zero attached hydrogens (tertiary/aromatic N) is 2. The summed E-state index contributed by atoms with van der Waals surface area (Å²) in [6, 6.07) is 11.5. The smallest absolute Gasteiger partial charge is 0.234 e. The molecule has 0 aliphatic heterocycles. The summed E-state index contributed by atoms with van der Waals surface area (Å²) in [4.78, 5) is 20.5. The molecule has 7 heteroatoms. The predicted octanol–water partition coefficient (Wildman–Crippen LogP) is 5.04. The van der Waals surface area contributed by atoms with Gasteiger partial charge in [-0.3, -0.25) is 9.69 Å². The van der Waals surface area contributed by atoms with E-state index in [9.17, 15) is 4.79 Å². The summed E-state index contributed by atoms with van der Waals surface area (Å²) < 4.78 is 12.0. The number of fused-ring (bicyclic) bond motifs is 1. The standard InChI is InChI=1S/C20H18N2O3S2/c1-13-7-8-16(24-2)18-19(13)27-20(21-18)22(12-14-5-3-9-25-14)17(23)11-15-6-4-10-26-15/h3-10H,11-12H2,1-2H3. The molecule has 138 valence electrons. The molecule has 27 heavy (non-hydrogen) atoms. The second kappa shape index (κ2) is 7.54. The van der Waals surface area contributed by atoms with Gasteiger partial charge < -0.3 is 9.15 Å². The molecule has 0 atom stereocenters. The highest BCUT2D eigenvalue weighted by atomic mass is 32.1. The van der Waals surface area contributed by atoms with Crippen molar-refractivity contribution < 1.29 is 13.9 Å². The van der Waals surface area contributed by atoms with Crippen molar-refractivity contribution in [3.05, 3.63) is 64.2 Å². The molecule has 0 unspecified atom stereocenters. The Kier molecular flexibility index (Phi) is 4.96. The summed E-state index contributed by atoms with van der Waals surface area (Å²) in [6.07, 6.45) is 1.95. The average Bonchev–Trinajstić information content (AvgIpc) is 3.41. The molecule has 0 saturated heterocycles. The third-order valence-electron chi connectivity index (χ3n) is 4.24. The maximum atomic E-state index is 13.1. The Morgan fingerprint density at radius 2 is 2.15 bits per heavy atom. The van der Waals surface area contributed by atoms with E-state index >= 15 is 0 Å². The number of hydrogen-bond acceptors (Lipinski definition) is 6. The maximum Gasteiger partial charge on any atom is 0.234 e. The van der Waals surface area contributed by atoms with Gasteiger partial charge in [0.25, 0.3) is 0 Å². The molecule has 1 amide bonds. The fraction of sp³-hybridized carbons (Fsp3) is 0.200. The zero-order valence-electron chi connectivity index (χ0n) is 15.0. The predicted molar refractivity (Wildman–Crippen MR) is 109 cm³/mol. The van der Waals surface area contributed by atoms with Gasteiger partial charge in [0.2, 0.25) is 5.91 Å². The van der Waals surface area contributed by atoms with E-state index in [1.165, 1.54) is 11.3 Å². The molecule has 3 heterocycles. The molecule has 3 aromatic heterocycles. The number of amides is 1. The van der Waals surface area contributed by atoms with Crippen molar-refractivity contribution in [2.45, 2.75) is 19.9 Å². The van der Waals surface area contributed by atoms with Gasteiger partial charge in [-0.05, 0) is 42.1 Å². The molecule has 0 N–H and O–H groups in total. The van der Waals surface area contributed by atoms with E-state index in [0.717, 1.165) is 26.4 Å². The van der Waals surface area contributed by atoms with Crippen molar-refractivity contribution in [1.82, 2.24) is 4.98 Å². The lowest BCUT2D eigenvalue weighted by Gasteiger charge is -2.18. The van der Waals surface area contributed by atoms with E-state index in [1.54, 1.807) is 29.6 Å². The number of carbonyl (C=O) groups excluding carboxylic acids is 1. The van der Waals surface area contributed by atoms with Crippen LogP contribution in [0.4, 0.5) is 5.13 Å². The summed E-state index contributed by atoms with van der Waals surface area (Å²) in [5, 5.41) is 2.63. The molecular formula is C20H18N2O3S2. The van der Waals surface area contributed by atoms with E-state index in [0.29, 0.717) is 23.8 Å². The molecule has 0 saturated carbocycles. The number of thiophene rings is 1. The highest BCUT2D eigenvalue weighted by molar-refractivity contribution is 7.22. The summed E-state index contributed by atoms with van der Waals surface area (Å²) in [5.74, 6) is 1.42. The number of rotatable bonds is 6. The average molecular weight is 399 g/mol. The Hall–Kier alpha value is -2.64. The minimum absolute atomic E-state index is 0.00970. The first-order valence-corrected chi connectivity index (χ1v) is 10.1. The molecule has 0 aliphatic carbocycles. The lowest BCUT2D eigenvalue weighted by Crippen LogP contribution is -2.31. The number of aromatic nitrogens is 1. The van der Waals surface area contributed by atoms with Gasteiger partial charge in [0.05, 0.1) is 31.0 Å². The Balaban J connectivity index is 1.74. The normalized spacial score (nSPS) is 11.0. The van der Waals surface area contributed by atoms with Gasteiger partial charge in [0, 0.05) is 4.88 Å². The van der Waals surface area contributed by atoms with E-state index in [1.807, 2.05) is 48.7 Å². The van der Waals surface area contributed by atoms with Crippen LogP contribution in [0.3, 0.4) is 0 Å². The molecule has 1 aromatic carbocycles. The van der Waals surface area contributed by atoms with Crippen LogP contribution < -0.4 is 9.64 Å². The number of methoxy groups -OCH3 is 1. The monoisotopic (exact) mass is 398 g/mol. The number of thiazole rings is 1. The Morgan fingerprint density at radius 1 is 1.26 bits per heavy atom. The van der Waals surface area contributed by atoms with Crippen LogP contribution >= 0.6 is 22.7 Å². The topological polar surface area (TPSA) is 55.6 Å². The van der Waals surface area contributed by atoms with Gasteiger partial charge in [-0.1, -0.05) is 23.5 Å². The third kappa shape index (κ3) is 3.61. The third-order valence-corrected chi connectivity index (χ3v) is 6.33. The quantitative estimate of drug-likeness (QED) is 0.456. The van der Waals surface area contributed by atoms with Crippen molar-refractivity contribution in [2.24, 2.45) is 0 Å². The van der Waals surface area contributed by atoms with Crippen LogP contribution in [0.1, 0.15) is 16.2 Å². The summed E-state index contributed by atoms with van der Waals surface area (Å²) in [5.41, 5.74) is 1.89. The first-order valence-electron chi connectivity index (χ1n) is 8.45.